The summed E-state index contributed by atoms with van der Waals surface area (Å²) in [5, 5.41) is 3.09. The molecule has 2 N–H and O–H groups in total. The van der Waals surface area contributed by atoms with Crippen molar-refractivity contribution >= 4 is 28.4 Å². The molecule has 0 saturated heterocycles. The number of halogens is 1. The number of benzene rings is 1. The SMILES string of the molecule is O=c1[nH]c2ccc(NCCCl)cc2o1. The average Bonchev–Trinajstić information content (AvgIpc) is 2.54. The van der Waals surface area contributed by atoms with Crippen molar-refractivity contribution in [1.29, 1.82) is 0 Å². The Morgan fingerprint density at radius 3 is 3.14 bits per heavy atom. The summed E-state index contributed by atoms with van der Waals surface area (Å²) in [5.74, 6) is 0.101. The molecule has 1 aromatic heterocycles. The second-order valence-electron chi connectivity index (χ2n) is 2.84. The van der Waals surface area contributed by atoms with Crippen molar-refractivity contribution in [2.24, 2.45) is 0 Å². The molecule has 2 aromatic rings. The molecule has 4 nitrogen and oxygen atoms in total. The van der Waals surface area contributed by atoms with Gasteiger partial charge in [-0.2, -0.15) is 0 Å². The summed E-state index contributed by atoms with van der Waals surface area (Å²) in [4.78, 5) is 13.4. The summed E-state index contributed by atoms with van der Waals surface area (Å²) >= 11 is 5.53. The molecule has 0 fully saturated rings. The molecule has 0 radical (unpaired) electrons. The number of H-pyrrole nitrogens is 1. The first-order valence-electron chi connectivity index (χ1n) is 4.22. The van der Waals surface area contributed by atoms with Crippen LogP contribution in [0.3, 0.4) is 0 Å². The number of alkyl halides is 1. The molecule has 0 unspecified atom stereocenters. The summed E-state index contributed by atoms with van der Waals surface area (Å²) in [5.41, 5.74) is 2.14. The maximum Gasteiger partial charge on any atom is 0.417 e. The van der Waals surface area contributed by atoms with E-state index in [0.29, 0.717) is 23.5 Å². The van der Waals surface area contributed by atoms with Crippen molar-refractivity contribution in [2.45, 2.75) is 0 Å². The van der Waals surface area contributed by atoms with Gasteiger partial charge in [0.1, 0.15) is 0 Å². The van der Waals surface area contributed by atoms with Crippen molar-refractivity contribution in [3.05, 3.63) is 28.7 Å². The molecule has 0 aliphatic heterocycles. The second kappa shape index (κ2) is 3.75. The van der Waals surface area contributed by atoms with Gasteiger partial charge < -0.3 is 9.73 Å². The first kappa shape index (κ1) is 9.15. The van der Waals surface area contributed by atoms with Gasteiger partial charge in [-0.25, -0.2) is 4.79 Å². The number of fused-ring (bicyclic) bond motifs is 1. The maximum atomic E-state index is 10.9. The van der Waals surface area contributed by atoms with E-state index < -0.39 is 5.76 Å². The molecule has 0 aliphatic rings. The minimum atomic E-state index is -0.436. The van der Waals surface area contributed by atoms with E-state index in [4.69, 9.17) is 16.0 Å². The lowest BCUT2D eigenvalue weighted by Gasteiger charge is -2.02. The highest BCUT2D eigenvalue weighted by Crippen LogP contribution is 2.15. The van der Waals surface area contributed by atoms with Crippen molar-refractivity contribution in [3.63, 3.8) is 0 Å². The molecule has 0 bridgehead atoms. The second-order valence-corrected chi connectivity index (χ2v) is 3.22. The molecule has 74 valence electrons. The van der Waals surface area contributed by atoms with Gasteiger partial charge in [-0.05, 0) is 12.1 Å². The van der Waals surface area contributed by atoms with Crippen LogP contribution in [0.5, 0.6) is 0 Å². The van der Waals surface area contributed by atoms with Crippen LogP contribution in [0.1, 0.15) is 0 Å². The molecule has 1 aromatic carbocycles. The zero-order valence-electron chi connectivity index (χ0n) is 7.34. The van der Waals surface area contributed by atoms with Gasteiger partial charge in [0.2, 0.25) is 0 Å². The summed E-state index contributed by atoms with van der Waals surface area (Å²) in [6.45, 7) is 0.682. The van der Waals surface area contributed by atoms with Crippen molar-refractivity contribution in [1.82, 2.24) is 4.98 Å². The number of anilines is 1. The largest absolute Gasteiger partial charge is 0.417 e. The maximum absolute atomic E-state index is 10.9. The van der Waals surface area contributed by atoms with Gasteiger partial charge in [-0.3, -0.25) is 4.98 Å². The van der Waals surface area contributed by atoms with E-state index in [0.717, 1.165) is 5.69 Å². The summed E-state index contributed by atoms with van der Waals surface area (Å²) in [7, 11) is 0. The third kappa shape index (κ3) is 1.75. The topological polar surface area (TPSA) is 58.0 Å². The number of nitrogens with one attached hydrogen (secondary N) is 2. The summed E-state index contributed by atoms with van der Waals surface area (Å²) < 4.78 is 4.90. The molecule has 2 rings (SSSR count). The zero-order valence-corrected chi connectivity index (χ0v) is 8.10. The van der Waals surface area contributed by atoms with Crippen LogP contribution in [0.15, 0.2) is 27.4 Å². The molecule has 14 heavy (non-hydrogen) atoms. The normalized spacial score (nSPS) is 10.6. The number of oxazole rings is 1. The Morgan fingerprint density at radius 2 is 2.36 bits per heavy atom. The van der Waals surface area contributed by atoms with Crippen LogP contribution in [0.25, 0.3) is 11.1 Å². The molecular formula is C9H9ClN2O2. The molecule has 0 atom stereocenters. The predicted molar refractivity (Wildman–Crippen MR) is 56.0 cm³/mol. The first-order chi connectivity index (χ1) is 6.79. The van der Waals surface area contributed by atoms with E-state index in [1.165, 1.54) is 0 Å². The molecule has 0 spiro atoms. The van der Waals surface area contributed by atoms with Crippen molar-refractivity contribution in [3.8, 4) is 0 Å². The minimum absolute atomic E-state index is 0.436. The van der Waals surface area contributed by atoms with E-state index in [1.54, 1.807) is 12.1 Å². The van der Waals surface area contributed by atoms with Crippen LogP contribution in [-0.2, 0) is 0 Å². The summed E-state index contributed by atoms with van der Waals surface area (Å²) in [6, 6.07) is 5.41. The molecular weight excluding hydrogens is 204 g/mol. The molecule has 1 heterocycles. The lowest BCUT2D eigenvalue weighted by atomic mass is 10.3. The van der Waals surface area contributed by atoms with Crippen LogP contribution >= 0.6 is 11.6 Å². The Hall–Kier alpha value is -1.42. The summed E-state index contributed by atoms with van der Waals surface area (Å²) in [6.07, 6.45) is 0. The van der Waals surface area contributed by atoms with E-state index in [1.807, 2.05) is 6.07 Å². The van der Waals surface area contributed by atoms with E-state index in [-0.39, 0.29) is 0 Å². The lowest BCUT2D eigenvalue weighted by molar-refractivity contribution is 0.555. The minimum Gasteiger partial charge on any atom is -0.408 e. The lowest BCUT2D eigenvalue weighted by Crippen LogP contribution is -2.01. The van der Waals surface area contributed by atoms with Gasteiger partial charge in [-0.1, -0.05) is 0 Å². The standard InChI is InChI=1S/C9H9ClN2O2/c10-3-4-11-6-1-2-7-8(5-6)14-9(13)12-7/h1-2,5,11H,3-4H2,(H,12,13). The van der Waals surface area contributed by atoms with Crippen LogP contribution in [0.2, 0.25) is 0 Å². The van der Waals surface area contributed by atoms with Gasteiger partial charge in [-0.15, -0.1) is 11.6 Å². The average molecular weight is 213 g/mol. The molecule has 0 saturated carbocycles. The monoisotopic (exact) mass is 212 g/mol. The van der Waals surface area contributed by atoms with E-state index in [2.05, 4.69) is 10.3 Å². The highest BCUT2D eigenvalue weighted by molar-refractivity contribution is 6.18. The Bertz CT molecular complexity index is 489. The number of aromatic amines is 1. The molecule has 5 heteroatoms. The Balaban J connectivity index is 2.35. The third-order valence-electron chi connectivity index (χ3n) is 1.84. The molecule has 0 aliphatic carbocycles. The number of rotatable bonds is 3. The van der Waals surface area contributed by atoms with Gasteiger partial charge in [0.05, 0.1) is 5.52 Å². The van der Waals surface area contributed by atoms with Crippen molar-refractivity contribution in [2.75, 3.05) is 17.7 Å². The smallest absolute Gasteiger partial charge is 0.408 e. The van der Waals surface area contributed by atoms with Crippen LogP contribution in [0.4, 0.5) is 5.69 Å². The quantitative estimate of drug-likeness (QED) is 0.763. The zero-order chi connectivity index (χ0) is 9.97. The van der Waals surface area contributed by atoms with Gasteiger partial charge in [0, 0.05) is 24.2 Å². The number of hydrogen-bond acceptors (Lipinski definition) is 3. The Morgan fingerprint density at radius 1 is 1.50 bits per heavy atom. The first-order valence-corrected chi connectivity index (χ1v) is 4.76. The van der Waals surface area contributed by atoms with Crippen LogP contribution in [0, 0.1) is 0 Å². The van der Waals surface area contributed by atoms with E-state index >= 15 is 0 Å². The highest BCUT2D eigenvalue weighted by Gasteiger charge is 2.00. The van der Waals surface area contributed by atoms with Gasteiger partial charge in [0.15, 0.2) is 5.58 Å². The Labute approximate surface area is 84.9 Å². The third-order valence-corrected chi connectivity index (χ3v) is 2.03. The van der Waals surface area contributed by atoms with Gasteiger partial charge in [0.25, 0.3) is 0 Å². The highest BCUT2D eigenvalue weighted by atomic mass is 35.5. The fourth-order valence-corrected chi connectivity index (χ4v) is 1.34. The number of hydrogen-bond donors (Lipinski definition) is 2. The van der Waals surface area contributed by atoms with Crippen LogP contribution < -0.4 is 11.1 Å². The van der Waals surface area contributed by atoms with Crippen LogP contribution in [-0.4, -0.2) is 17.4 Å². The fourth-order valence-electron chi connectivity index (χ4n) is 1.25. The fraction of sp³-hybridized carbons (Fsp3) is 0.222. The van der Waals surface area contributed by atoms with Gasteiger partial charge >= 0.3 is 5.76 Å². The number of aromatic nitrogens is 1. The predicted octanol–water partition coefficient (Wildman–Crippen LogP) is 1.77. The van der Waals surface area contributed by atoms with Crippen molar-refractivity contribution < 1.29 is 4.42 Å². The van der Waals surface area contributed by atoms with E-state index in [9.17, 15) is 4.79 Å². The molecule has 0 amide bonds. The Kier molecular flexibility index (Phi) is 2.45.